The van der Waals surface area contributed by atoms with Gasteiger partial charge in [-0.15, -0.1) is 0 Å². The molecule has 0 bridgehead atoms. The smallest absolute Gasteiger partial charge is 0.338 e. The summed E-state index contributed by atoms with van der Waals surface area (Å²) in [5.74, 6) is -2.34. The SMILES string of the molecule is CO[C@H]1O[C@@H]2CO[C@@H](c3ccccc3)O[C@H]2[C@H](O[C@@H]2O[C@@H]([C@H]3COC(C)(C)O3)[C@H](OC(=O)c3ccccc3)[C@H]2OC(=O)c2ccccc2)[C@@H]1O. The van der Waals surface area contributed by atoms with E-state index in [1.54, 1.807) is 74.5 Å². The zero-order valence-electron chi connectivity index (χ0n) is 27.8. The minimum Gasteiger partial charge on any atom is -0.452 e. The average Bonchev–Trinajstić information content (AvgIpc) is 3.68. The summed E-state index contributed by atoms with van der Waals surface area (Å²) in [6.45, 7) is 3.71. The summed E-state index contributed by atoms with van der Waals surface area (Å²) < 4.78 is 61.1. The molecule has 13 heteroatoms. The zero-order valence-corrected chi connectivity index (χ0v) is 27.8. The third-order valence-corrected chi connectivity index (χ3v) is 9.01. The second-order valence-corrected chi connectivity index (χ2v) is 12.9. The fraction of sp³-hybridized carbons (Fsp3) is 0.459. The van der Waals surface area contributed by atoms with E-state index in [1.165, 1.54) is 7.11 Å². The van der Waals surface area contributed by atoms with Crippen LogP contribution in [0.1, 0.15) is 46.4 Å². The minimum absolute atomic E-state index is 0.0959. The lowest BCUT2D eigenvalue weighted by Crippen LogP contribution is -2.64. The first-order valence-electron chi connectivity index (χ1n) is 16.5. The highest BCUT2D eigenvalue weighted by molar-refractivity contribution is 5.90. The highest BCUT2D eigenvalue weighted by Gasteiger charge is 2.59. The molecule has 4 aliphatic heterocycles. The number of rotatable bonds is 9. The lowest BCUT2D eigenvalue weighted by molar-refractivity contribution is -0.376. The number of fused-ring (bicyclic) bond motifs is 1. The lowest BCUT2D eigenvalue weighted by atomic mass is 9.97. The Morgan fingerprint density at radius 1 is 0.700 bits per heavy atom. The Morgan fingerprint density at radius 2 is 1.28 bits per heavy atom. The van der Waals surface area contributed by atoms with Crippen LogP contribution in [0.15, 0.2) is 91.0 Å². The maximum absolute atomic E-state index is 13.6. The normalized spacial score (nSPS) is 34.8. The van der Waals surface area contributed by atoms with Gasteiger partial charge in [0, 0.05) is 12.7 Å². The van der Waals surface area contributed by atoms with Crippen molar-refractivity contribution in [2.24, 2.45) is 0 Å². The summed E-state index contributed by atoms with van der Waals surface area (Å²) in [4.78, 5) is 27.1. The van der Waals surface area contributed by atoms with Crippen LogP contribution in [0.2, 0.25) is 0 Å². The second-order valence-electron chi connectivity index (χ2n) is 12.9. The number of carbonyl (C=O) groups is 2. The number of carbonyl (C=O) groups excluding carboxylic acids is 2. The summed E-state index contributed by atoms with van der Waals surface area (Å²) in [7, 11) is 1.40. The van der Waals surface area contributed by atoms with Crippen molar-refractivity contribution < 1.29 is 62.1 Å². The van der Waals surface area contributed by atoms with Gasteiger partial charge in [0.25, 0.3) is 0 Å². The number of methoxy groups -OCH3 is 1. The highest BCUT2D eigenvalue weighted by atomic mass is 16.8. The van der Waals surface area contributed by atoms with Crippen LogP contribution >= 0.6 is 0 Å². The molecule has 11 atom stereocenters. The molecule has 7 rings (SSSR count). The Labute approximate surface area is 289 Å². The van der Waals surface area contributed by atoms with Crippen LogP contribution in [0.5, 0.6) is 0 Å². The molecular weight excluding hydrogens is 652 g/mol. The Kier molecular flexibility index (Phi) is 10.3. The molecule has 4 aliphatic rings. The van der Waals surface area contributed by atoms with Crippen LogP contribution in [0.3, 0.4) is 0 Å². The summed E-state index contributed by atoms with van der Waals surface area (Å²) in [5.41, 5.74) is 1.29. The van der Waals surface area contributed by atoms with Gasteiger partial charge < -0.3 is 52.5 Å². The van der Waals surface area contributed by atoms with Crippen molar-refractivity contribution in [3.63, 3.8) is 0 Å². The minimum atomic E-state index is -1.38. The van der Waals surface area contributed by atoms with Gasteiger partial charge in [0.05, 0.1) is 24.3 Å². The van der Waals surface area contributed by atoms with Gasteiger partial charge in [0.15, 0.2) is 36.9 Å². The molecule has 0 radical (unpaired) electrons. The first-order valence-corrected chi connectivity index (χ1v) is 16.5. The maximum Gasteiger partial charge on any atom is 0.338 e. The summed E-state index contributed by atoms with van der Waals surface area (Å²) in [6, 6.07) is 26.1. The van der Waals surface area contributed by atoms with E-state index < -0.39 is 85.4 Å². The van der Waals surface area contributed by atoms with E-state index >= 15 is 0 Å². The van der Waals surface area contributed by atoms with E-state index in [1.807, 2.05) is 30.3 Å². The number of hydrogen-bond donors (Lipinski definition) is 1. The molecule has 0 aromatic heterocycles. The van der Waals surface area contributed by atoms with Crippen molar-refractivity contribution in [3.8, 4) is 0 Å². The largest absolute Gasteiger partial charge is 0.452 e. The first-order chi connectivity index (χ1) is 24.2. The van der Waals surface area contributed by atoms with Crippen LogP contribution in [-0.4, -0.2) is 105 Å². The van der Waals surface area contributed by atoms with Crippen LogP contribution in [-0.2, 0) is 47.4 Å². The highest BCUT2D eigenvalue weighted by Crippen LogP contribution is 2.40. The molecular formula is C37H40O13. The van der Waals surface area contributed by atoms with Crippen molar-refractivity contribution in [1.82, 2.24) is 0 Å². The molecule has 0 aliphatic carbocycles. The Morgan fingerprint density at radius 3 is 1.86 bits per heavy atom. The molecule has 0 saturated carbocycles. The first kappa shape index (κ1) is 34.7. The summed E-state index contributed by atoms with van der Waals surface area (Å²) in [5, 5.41) is 11.5. The van der Waals surface area contributed by atoms with E-state index in [0.717, 1.165) is 5.56 Å². The van der Waals surface area contributed by atoms with Crippen LogP contribution < -0.4 is 0 Å². The topological polar surface area (TPSA) is 147 Å². The third-order valence-electron chi connectivity index (χ3n) is 9.01. The average molecular weight is 693 g/mol. The number of benzene rings is 3. The van der Waals surface area contributed by atoms with Gasteiger partial charge in [-0.1, -0.05) is 66.7 Å². The molecule has 4 fully saturated rings. The molecule has 4 saturated heterocycles. The van der Waals surface area contributed by atoms with E-state index in [4.69, 9.17) is 47.4 Å². The lowest BCUT2D eigenvalue weighted by Gasteiger charge is -2.48. The molecule has 13 nitrogen and oxygen atoms in total. The van der Waals surface area contributed by atoms with Crippen molar-refractivity contribution in [2.75, 3.05) is 20.3 Å². The fourth-order valence-electron chi connectivity index (χ4n) is 6.57. The van der Waals surface area contributed by atoms with E-state index in [0.29, 0.717) is 0 Å². The van der Waals surface area contributed by atoms with Gasteiger partial charge in [-0.3, -0.25) is 0 Å². The Bertz CT molecular complexity index is 1590. The van der Waals surface area contributed by atoms with Gasteiger partial charge in [-0.2, -0.15) is 0 Å². The predicted molar refractivity (Wildman–Crippen MR) is 171 cm³/mol. The van der Waals surface area contributed by atoms with E-state index in [2.05, 4.69) is 0 Å². The number of hydrogen-bond acceptors (Lipinski definition) is 13. The van der Waals surface area contributed by atoms with E-state index in [-0.39, 0.29) is 24.3 Å². The Balaban J connectivity index is 1.23. The van der Waals surface area contributed by atoms with Crippen LogP contribution in [0.4, 0.5) is 0 Å². The van der Waals surface area contributed by atoms with Crippen LogP contribution in [0.25, 0.3) is 0 Å². The summed E-state index contributed by atoms with van der Waals surface area (Å²) in [6.07, 6.45) is -11.7. The van der Waals surface area contributed by atoms with Crippen molar-refractivity contribution in [1.29, 1.82) is 0 Å². The van der Waals surface area contributed by atoms with E-state index in [9.17, 15) is 14.7 Å². The van der Waals surface area contributed by atoms with Gasteiger partial charge in [-0.05, 0) is 38.1 Å². The van der Waals surface area contributed by atoms with Gasteiger partial charge >= 0.3 is 11.9 Å². The van der Waals surface area contributed by atoms with Gasteiger partial charge in [0.2, 0.25) is 0 Å². The molecule has 4 heterocycles. The fourth-order valence-corrected chi connectivity index (χ4v) is 6.57. The van der Waals surface area contributed by atoms with Crippen LogP contribution in [0, 0.1) is 0 Å². The quantitative estimate of drug-likeness (QED) is 0.327. The number of esters is 2. The number of aliphatic hydroxyl groups is 1. The standard InChI is InChI=1S/C37H40O13/c1-37(2)43-20-25(50-37)28-30(45-32(39)21-13-7-4-8-14-21)31(46-33(40)22-15-9-5-10-16-22)36(48-28)49-29-26(38)35(41-3)44-24-19-42-34(47-27(24)29)23-17-11-6-12-18-23/h4-18,24-31,34-36,38H,19-20H2,1-3H3/t24-,25-,26+,27-,28+,29-,30+,31-,34-,35+,36+/m1/s1. The van der Waals surface area contributed by atoms with Crippen molar-refractivity contribution in [3.05, 3.63) is 108 Å². The number of aliphatic hydroxyl groups excluding tert-OH is 1. The zero-order chi connectivity index (χ0) is 34.8. The number of ether oxygens (including phenoxy) is 10. The molecule has 0 spiro atoms. The van der Waals surface area contributed by atoms with Gasteiger partial charge in [0.1, 0.15) is 36.6 Å². The summed E-state index contributed by atoms with van der Waals surface area (Å²) >= 11 is 0. The molecule has 50 heavy (non-hydrogen) atoms. The second kappa shape index (κ2) is 14.8. The molecule has 266 valence electrons. The molecule has 0 unspecified atom stereocenters. The van der Waals surface area contributed by atoms with Crippen molar-refractivity contribution >= 4 is 11.9 Å². The van der Waals surface area contributed by atoms with Gasteiger partial charge in [-0.25, -0.2) is 9.59 Å². The predicted octanol–water partition coefficient (Wildman–Crippen LogP) is 3.55. The molecule has 3 aromatic rings. The third kappa shape index (κ3) is 7.33. The molecule has 0 amide bonds. The molecule has 1 N–H and O–H groups in total. The monoisotopic (exact) mass is 692 g/mol. The maximum atomic E-state index is 13.6. The molecule has 3 aromatic carbocycles. The van der Waals surface area contributed by atoms with Crippen molar-refractivity contribution in [2.45, 2.75) is 87.3 Å². The Hall–Kier alpha value is -3.76.